The van der Waals surface area contributed by atoms with E-state index in [9.17, 15) is 9.59 Å². The number of benzene rings is 2. The molecule has 24 heavy (non-hydrogen) atoms. The number of carbonyl (C=O) groups is 2. The second kappa shape index (κ2) is 7.05. The summed E-state index contributed by atoms with van der Waals surface area (Å²) in [5.74, 6) is -0.212. The number of fused-ring (bicyclic) bond motifs is 1. The summed E-state index contributed by atoms with van der Waals surface area (Å²) in [7, 11) is 0. The number of hydrogen-bond acceptors (Lipinski definition) is 2. The van der Waals surface area contributed by atoms with Gasteiger partial charge >= 0.3 is 0 Å². The topological polar surface area (TPSA) is 49.4 Å². The fraction of sp³-hybridized carbons (Fsp3) is 0.263. The molecule has 3 rings (SSSR count). The highest BCUT2D eigenvalue weighted by Gasteiger charge is 2.33. The van der Waals surface area contributed by atoms with Crippen LogP contribution in [0.4, 0.5) is 0 Å². The van der Waals surface area contributed by atoms with Crippen LogP contribution in [0.5, 0.6) is 0 Å². The van der Waals surface area contributed by atoms with Gasteiger partial charge < -0.3 is 10.2 Å². The van der Waals surface area contributed by atoms with Crippen molar-refractivity contribution in [2.45, 2.75) is 25.9 Å². The third kappa shape index (κ3) is 3.44. The summed E-state index contributed by atoms with van der Waals surface area (Å²) in [5, 5.41) is 3.60. The maximum atomic E-state index is 12.4. The van der Waals surface area contributed by atoms with Crippen LogP contribution in [0.25, 0.3) is 0 Å². The summed E-state index contributed by atoms with van der Waals surface area (Å²) in [5.41, 5.74) is 2.78. The maximum Gasteiger partial charge on any atom is 0.255 e. The van der Waals surface area contributed by atoms with Crippen molar-refractivity contribution in [1.29, 1.82) is 0 Å². The largest absolute Gasteiger partial charge is 0.354 e. The standard InChI is InChI=1S/C19H19ClN2O2/c1-13(22-12-15-4-2-3-5-17(15)19(22)24)18(23)21-11-10-14-6-8-16(20)9-7-14/h2-9,13H,10-12H2,1H3,(H,21,23). The van der Waals surface area contributed by atoms with Crippen LogP contribution in [0, 0.1) is 0 Å². The van der Waals surface area contributed by atoms with Crippen LogP contribution in [-0.4, -0.2) is 29.3 Å². The predicted molar refractivity (Wildman–Crippen MR) is 93.9 cm³/mol. The first-order chi connectivity index (χ1) is 11.6. The molecule has 0 saturated heterocycles. The molecule has 0 radical (unpaired) electrons. The molecular weight excluding hydrogens is 324 g/mol. The Hall–Kier alpha value is -2.33. The van der Waals surface area contributed by atoms with E-state index in [0.717, 1.165) is 17.5 Å². The molecule has 1 heterocycles. The first-order valence-electron chi connectivity index (χ1n) is 7.97. The Bertz CT molecular complexity index is 758. The number of halogens is 1. The van der Waals surface area contributed by atoms with E-state index in [1.807, 2.05) is 48.5 Å². The zero-order valence-corrected chi connectivity index (χ0v) is 14.2. The van der Waals surface area contributed by atoms with Gasteiger partial charge in [-0.05, 0) is 42.7 Å². The fourth-order valence-corrected chi connectivity index (χ4v) is 2.99. The van der Waals surface area contributed by atoms with Gasteiger partial charge in [0, 0.05) is 23.7 Å². The lowest BCUT2D eigenvalue weighted by atomic mass is 10.1. The molecule has 0 bridgehead atoms. The molecule has 2 amide bonds. The van der Waals surface area contributed by atoms with Crippen LogP contribution in [0.2, 0.25) is 5.02 Å². The Morgan fingerprint density at radius 2 is 1.92 bits per heavy atom. The minimum atomic E-state index is -0.491. The number of nitrogens with zero attached hydrogens (tertiary/aromatic N) is 1. The summed E-state index contributed by atoms with van der Waals surface area (Å²) >= 11 is 5.86. The Morgan fingerprint density at radius 1 is 1.21 bits per heavy atom. The highest BCUT2D eigenvalue weighted by Crippen LogP contribution is 2.24. The second-order valence-corrected chi connectivity index (χ2v) is 6.37. The second-order valence-electron chi connectivity index (χ2n) is 5.93. The van der Waals surface area contributed by atoms with Crippen molar-refractivity contribution in [2.24, 2.45) is 0 Å². The molecule has 2 aromatic rings. The predicted octanol–water partition coefficient (Wildman–Crippen LogP) is 3.04. The van der Waals surface area contributed by atoms with Gasteiger partial charge in [-0.1, -0.05) is 41.9 Å². The van der Waals surface area contributed by atoms with Gasteiger partial charge in [0.1, 0.15) is 6.04 Å². The number of carbonyl (C=O) groups excluding carboxylic acids is 2. The Balaban J connectivity index is 1.54. The summed E-state index contributed by atoms with van der Waals surface area (Å²) in [6, 6.07) is 14.6. The number of rotatable bonds is 5. The van der Waals surface area contributed by atoms with E-state index < -0.39 is 6.04 Å². The highest BCUT2D eigenvalue weighted by atomic mass is 35.5. The minimum Gasteiger partial charge on any atom is -0.354 e. The van der Waals surface area contributed by atoms with E-state index in [0.29, 0.717) is 23.7 Å². The van der Waals surface area contributed by atoms with E-state index in [1.54, 1.807) is 11.8 Å². The van der Waals surface area contributed by atoms with Gasteiger partial charge in [-0.25, -0.2) is 0 Å². The van der Waals surface area contributed by atoms with Crippen LogP contribution in [0.3, 0.4) is 0 Å². The number of amides is 2. The fourth-order valence-electron chi connectivity index (χ4n) is 2.86. The summed E-state index contributed by atoms with van der Waals surface area (Å²) in [4.78, 5) is 26.4. The van der Waals surface area contributed by atoms with Crippen molar-refractivity contribution >= 4 is 23.4 Å². The van der Waals surface area contributed by atoms with E-state index >= 15 is 0 Å². The first-order valence-corrected chi connectivity index (χ1v) is 8.35. The number of nitrogens with one attached hydrogen (secondary N) is 1. The Labute approximate surface area is 146 Å². The molecule has 0 fully saturated rings. The quantitative estimate of drug-likeness (QED) is 0.908. The normalized spacial score (nSPS) is 14.4. The summed E-state index contributed by atoms with van der Waals surface area (Å²) < 4.78 is 0. The zero-order chi connectivity index (χ0) is 17.1. The minimum absolute atomic E-state index is 0.0778. The van der Waals surface area contributed by atoms with Gasteiger partial charge in [0.2, 0.25) is 5.91 Å². The van der Waals surface area contributed by atoms with Gasteiger partial charge in [0.15, 0.2) is 0 Å². The molecule has 1 N–H and O–H groups in total. The highest BCUT2D eigenvalue weighted by molar-refractivity contribution is 6.30. The number of hydrogen-bond donors (Lipinski definition) is 1. The van der Waals surface area contributed by atoms with Crippen molar-refractivity contribution in [3.8, 4) is 0 Å². The molecule has 1 aliphatic rings. The summed E-state index contributed by atoms with van der Waals surface area (Å²) in [6.07, 6.45) is 0.726. The van der Waals surface area contributed by atoms with Crippen molar-refractivity contribution in [2.75, 3.05) is 6.54 Å². The lowest BCUT2D eigenvalue weighted by Gasteiger charge is -2.23. The first kappa shape index (κ1) is 16.5. The van der Waals surface area contributed by atoms with Crippen LogP contribution < -0.4 is 5.32 Å². The smallest absolute Gasteiger partial charge is 0.255 e. The zero-order valence-electron chi connectivity index (χ0n) is 13.5. The molecule has 1 aliphatic heterocycles. The van der Waals surface area contributed by atoms with E-state index in [1.165, 1.54) is 0 Å². The monoisotopic (exact) mass is 342 g/mol. The molecule has 1 atom stereocenters. The molecule has 2 aromatic carbocycles. The van der Waals surface area contributed by atoms with Crippen molar-refractivity contribution in [3.63, 3.8) is 0 Å². The SMILES string of the molecule is CC(C(=O)NCCc1ccc(Cl)cc1)N1Cc2ccccc2C1=O. The molecule has 0 aliphatic carbocycles. The molecular formula is C19H19ClN2O2. The summed E-state index contributed by atoms with van der Waals surface area (Å²) in [6.45, 7) is 2.78. The Kier molecular flexibility index (Phi) is 4.86. The van der Waals surface area contributed by atoms with Crippen LogP contribution >= 0.6 is 11.6 Å². The molecule has 0 saturated carbocycles. The van der Waals surface area contributed by atoms with Gasteiger partial charge in [-0.15, -0.1) is 0 Å². The van der Waals surface area contributed by atoms with Crippen LogP contribution in [0.15, 0.2) is 48.5 Å². The lowest BCUT2D eigenvalue weighted by Crippen LogP contribution is -2.45. The average Bonchev–Trinajstić information content (AvgIpc) is 2.93. The molecule has 0 aromatic heterocycles. The van der Waals surface area contributed by atoms with Crippen LogP contribution in [-0.2, 0) is 17.8 Å². The van der Waals surface area contributed by atoms with Gasteiger partial charge in [0.25, 0.3) is 5.91 Å². The average molecular weight is 343 g/mol. The molecule has 0 spiro atoms. The molecule has 1 unspecified atom stereocenters. The lowest BCUT2D eigenvalue weighted by molar-refractivity contribution is -0.125. The third-order valence-electron chi connectivity index (χ3n) is 4.32. The van der Waals surface area contributed by atoms with Gasteiger partial charge in [0.05, 0.1) is 0 Å². The van der Waals surface area contributed by atoms with Gasteiger partial charge in [-0.2, -0.15) is 0 Å². The van der Waals surface area contributed by atoms with Gasteiger partial charge in [-0.3, -0.25) is 9.59 Å². The van der Waals surface area contributed by atoms with E-state index in [2.05, 4.69) is 5.32 Å². The Morgan fingerprint density at radius 3 is 2.62 bits per heavy atom. The maximum absolute atomic E-state index is 12.4. The third-order valence-corrected chi connectivity index (χ3v) is 4.57. The molecule has 124 valence electrons. The molecule has 4 nitrogen and oxygen atoms in total. The van der Waals surface area contributed by atoms with E-state index in [4.69, 9.17) is 11.6 Å². The van der Waals surface area contributed by atoms with Crippen molar-refractivity contribution in [1.82, 2.24) is 10.2 Å². The van der Waals surface area contributed by atoms with E-state index in [-0.39, 0.29) is 11.8 Å². The van der Waals surface area contributed by atoms with Crippen LogP contribution in [0.1, 0.15) is 28.4 Å². The van der Waals surface area contributed by atoms with Crippen molar-refractivity contribution in [3.05, 3.63) is 70.2 Å². The molecule has 5 heteroatoms. The van der Waals surface area contributed by atoms with Crippen molar-refractivity contribution < 1.29 is 9.59 Å².